The molecular formula is C19H22F2O. The molecule has 1 nitrogen and oxygen atoms in total. The molecule has 0 spiro atoms. The Labute approximate surface area is 130 Å². The van der Waals surface area contributed by atoms with E-state index in [0.717, 1.165) is 5.56 Å². The molecule has 0 aliphatic rings. The number of aryl methyl sites for hydroxylation is 1. The molecule has 0 amide bonds. The molecule has 0 radical (unpaired) electrons. The van der Waals surface area contributed by atoms with Crippen molar-refractivity contribution >= 4 is 0 Å². The van der Waals surface area contributed by atoms with E-state index in [9.17, 15) is 8.78 Å². The van der Waals surface area contributed by atoms with Gasteiger partial charge in [-0.25, -0.2) is 8.78 Å². The number of ether oxygens (including phenoxy) is 1. The van der Waals surface area contributed by atoms with Gasteiger partial charge in [-0.05, 0) is 36.1 Å². The Morgan fingerprint density at radius 3 is 2.18 bits per heavy atom. The molecule has 2 rings (SSSR count). The van der Waals surface area contributed by atoms with Gasteiger partial charge in [-0.2, -0.15) is 0 Å². The number of methoxy groups -OCH3 is 1. The minimum atomic E-state index is -2.70. The van der Waals surface area contributed by atoms with Gasteiger partial charge in [0.05, 0.1) is 7.11 Å². The Kier molecular flexibility index (Phi) is 5.53. The maximum Gasteiger partial charge on any atom is 0.254 e. The lowest BCUT2D eigenvalue weighted by Gasteiger charge is -2.26. The summed E-state index contributed by atoms with van der Waals surface area (Å²) < 4.78 is 33.8. The van der Waals surface area contributed by atoms with Gasteiger partial charge in [0.2, 0.25) is 0 Å². The van der Waals surface area contributed by atoms with Crippen molar-refractivity contribution in [3.8, 4) is 5.75 Å². The molecule has 1 atom stereocenters. The number of hydrogen-bond acceptors (Lipinski definition) is 1. The van der Waals surface area contributed by atoms with E-state index in [2.05, 4.69) is 0 Å². The molecule has 0 fully saturated rings. The molecule has 22 heavy (non-hydrogen) atoms. The van der Waals surface area contributed by atoms with Crippen LogP contribution in [0.4, 0.5) is 8.78 Å². The van der Waals surface area contributed by atoms with Crippen LogP contribution in [0.5, 0.6) is 5.75 Å². The SMILES string of the molecule is CCC(F)(F)C(CCc1ccccc1)c1ccc(OC)cc1. The number of hydrogen-bond donors (Lipinski definition) is 0. The van der Waals surface area contributed by atoms with Crippen LogP contribution >= 0.6 is 0 Å². The van der Waals surface area contributed by atoms with E-state index in [1.165, 1.54) is 0 Å². The first-order valence-corrected chi connectivity index (χ1v) is 7.62. The minimum absolute atomic E-state index is 0.154. The molecule has 0 saturated carbocycles. The van der Waals surface area contributed by atoms with Crippen molar-refractivity contribution in [2.45, 2.75) is 38.0 Å². The molecule has 0 bridgehead atoms. The van der Waals surface area contributed by atoms with Crippen molar-refractivity contribution in [2.24, 2.45) is 0 Å². The Balaban J connectivity index is 2.18. The zero-order valence-electron chi connectivity index (χ0n) is 13.1. The fourth-order valence-electron chi connectivity index (χ4n) is 2.66. The van der Waals surface area contributed by atoms with Crippen LogP contribution in [-0.4, -0.2) is 13.0 Å². The Hall–Kier alpha value is -1.90. The van der Waals surface area contributed by atoms with E-state index in [-0.39, 0.29) is 6.42 Å². The third kappa shape index (κ3) is 4.06. The highest BCUT2D eigenvalue weighted by Gasteiger charge is 2.38. The number of halogens is 2. The number of alkyl halides is 2. The van der Waals surface area contributed by atoms with Crippen LogP contribution < -0.4 is 4.74 Å². The molecule has 0 aliphatic carbocycles. The summed E-state index contributed by atoms with van der Waals surface area (Å²) in [4.78, 5) is 0. The Morgan fingerprint density at radius 1 is 1.00 bits per heavy atom. The second-order valence-corrected chi connectivity index (χ2v) is 5.46. The fourth-order valence-corrected chi connectivity index (χ4v) is 2.66. The lowest BCUT2D eigenvalue weighted by Crippen LogP contribution is -2.26. The molecule has 0 heterocycles. The fraction of sp³-hybridized carbons (Fsp3) is 0.368. The molecule has 2 aromatic carbocycles. The number of benzene rings is 2. The quantitative estimate of drug-likeness (QED) is 0.660. The summed E-state index contributed by atoms with van der Waals surface area (Å²) in [7, 11) is 1.57. The lowest BCUT2D eigenvalue weighted by molar-refractivity contribution is -0.0337. The minimum Gasteiger partial charge on any atom is -0.497 e. The van der Waals surface area contributed by atoms with Gasteiger partial charge in [0.15, 0.2) is 0 Å². The highest BCUT2D eigenvalue weighted by Crippen LogP contribution is 2.39. The van der Waals surface area contributed by atoms with Crippen LogP contribution in [0.15, 0.2) is 54.6 Å². The van der Waals surface area contributed by atoms with Crippen molar-refractivity contribution in [1.29, 1.82) is 0 Å². The van der Waals surface area contributed by atoms with Gasteiger partial charge in [-0.1, -0.05) is 49.4 Å². The van der Waals surface area contributed by atoms with Gasteiger partial charge in [0.1, 0.15) is 5.75 Å². The van der Waals surface area contributed by atoms with Crippen molar-refractivity contribution in [2.75, 3.05) is 7.11 Å². The molecule has 3 heteroatoms. The van der Waals surface area contributed by atoms with Crippen molar-refractivity contribution in [3.05, 3.63) is 65.7 Å². The summed E-state index contributed by atoms with van der Waals surface area (Å²) in [6, 6.07) is 16.8. The van der Waals surface area contributed by atoms with Crippen molar-refractivity contribution in [3.63, 3.8) is 0 Å². The van der Waals surface area contributed by atoms with Gasteiger partial charge in [-0.15, -0.1) is 0 Å². The van der Waals surface area contributed by atoms with E-state index in [4.69, 9.17) is 4.74 Å². The van der Waals surface area contributed by atoms with Crippen LogP contribution in [0, 0.1) is 0 Å². The predicted molar refractivity (Wildman–Crippen MR) is 85.7 cm³/mol. The first-order chi connectivity index (χ1) is 10.6. The molecular weight excluding hydrogens is 282 g/mol. The third-order valence-electron chi connectivity index (χ3n) is 4.06. The standard InChI is InChI=1S/C19H22F2O/c1-3-19(20,21)18(14-9-15-7-5-4-6-8-15)16-10-12-17(22-2)13-11-16/h4-8,10-13,18H,3,9,14H2,1-2H3. The van der Waals surface area contributed by atoms with Crippen molar-refractivity contribution < 1.29 is 13.5 Å². The molecule has 118 valence electrons. The number of rotatable bonds is 7. The van der Waals surface area contributed by atoms with Gasteiger partial charge >= 0.3 is 0 Å². The zero-order valence-corrected chi connectivity index (χ0v) is 13.1. The maximum atomic E-state index is 14.4. The molecule has 0 saturated heterocycles. The topological polar surface area (TPSA) is 9.23 Å². The van der Waals surface area contributed by atoms with E-state index < -0.39 is 11.8 Å². The molecule has 2 aromatic rings. The van der Waals surface area contributed by atoms with Crippen LogP contribution in [0.1, 0.15) is 36.8 Å². The summed E-state index contributed by atoms with van der Waals surface area (Å²) in [6.07, 6.45) is 0.919. The van der Waals surface area contributed by atoms with Crippen LogP contribution in [0.3, 0.4) is 0 Å². The molecule has 1 unspecified atom stereocenters. The van der Waals surface area contributed by atoms with Gasteiger partial charge < -0.3 is 4.74 Å². The van der Waals surface area contributed by atoms with E-state index in [0.29, 0.717) is 24.2 Å². The largest absolute Gasteiger partial charge is 0.497 e. The lowest BCUT2D eigenvalue weighted by atomic mass is 9.86. The molecule has 0 aromatic heterocycles. The smallest absolute Gasteiger partial charge is 0.254 e. The van der Waals surface area contributed by atoms with Crippen LogP contribution in [-0.2, 0) is 6.42 Å². The highest BCUT2D eigenvalue weighted by atomic mass is 19.3. The van der Waals surface area contributed by atoms with E-state index >= 15 is 0 Å². The maximum absolute atomic E-state index is 14.4. The molecule has 0 aliphatic heterocycles. The normalized spacial score (nSPS) is 12.9. The first kappa shape index (κ1) is 16.5. The highest BCUT2D eigenvalue weighted by molar-refractivity contribution is 5.31. The van der Waals surface area contributed by atoms with E-state index in [1.54, 1.807) is 38.3 Å². The van der Waals surface area contributed by atoms with Crippen LogP contribution in [0.25, 0.3) is 0 Å². The van der Waals surface area contributed by atoms with Gasteiger partial charge in [0, 0.05) is 12.3 Å². The van der Waals surface area contributed by atoms with Crippen molar-refractivity contribution in [1.82, 2.24) is 0 Å². The Bertz CT molecular complexity index is 564. The summed E-state index contributed by atoms with van der Waals surface area (Å²) >= 11 is 0. The summed E-state index contributed by atoms with van der Waals surface area (Å²) in [5.41, 5.74) is 1.76. The molecule has 0 N–H and O–H groups in total. The summed E-state index contributed by atoms with van der Waals surface area (Å²) in [6.45, 7) is 1.54. The summed E-state index contributed by atoms with van der Waals surface area (Å²) in [5, 5.41) is 0. The summed E-state index contributed by atoms with van der Waals surface area (Å²) in [5.74, 6) is -2.79. The predicted octanol–water partition coefficient (Wildman–Crippen LogP) is 5.46. The average molecular weight is 304 g/mol. The third-order valence-corrected chi connectivity index (χ3v) is 4.06. The second-order valence-electron chi connectivity index (χ2n) is 5.46. The first-order valence-electron chi connectivity index (χ1n) is 7.62. The van der Waals surface area contributed by atoms with Gasteiger partial charge in [0.25, 0.3) is 5.92 Å². The Morgan fingerprint density at radius 2 is 1.64 bits per heavy atom. The zero-order chi connectivity index (χ0) is 16.0. The average Bonchev–Trinajstić information content (AvgIpc) is 2.56. The van der Waals surface area contributed by atoms with Gasteiger partial charge in [-0.3, -0.25) is 0 Å². The van der Waals surface area contributed by atoms with Crippen LogP contribution in [0.2, 0.25) is 0 Å². The monoisotopic (exact) mass is 304 g/mol. The second kappa shape index (κ2) is 7.39. The van der Waals surface area contributed by atoms with E-state index in [1.807, 2.05) is 30.3 Å².